The molecule has 0 saturated carbocycles. The number of carbonyl (C=O) groups excluding carboxylic acids is 2. The van der Waals surface area contributed by atoms with Crippen LogP contribution in [0, 0.1) is 5.92 Å². The molecule has 0 aromatic carbocycles. The molecule has 116 valence electrons. The molecule has 1 fully saturated rings. The topological polar surface area (TPSA) is 84.7 Å². The number of nitrogens with zero attached hydrogens (tertiary/aromatic N) is 1. The van der Waals surface area contributed by atoms with Gasteiger partial charge in [0.25, 0.3) is 0 Å². The summed E-state index contributed by atoms with van der Waals surface area (Å²) in [6.07, 6.45) is 2.03. The van der Waals surface area contributed by atoms with Gasteiger partial charge in [0, 0.05) is 25.6 Å². The van der Waals surface area contributed by atoms with Crippen molar-refractivity contribution in [3.05, 3.63) is 0 Å². The lowest BCUT2D eigenvalue weighted by Gasteiger charge is -2.17. The number of hydrogen-bond donors (Lipinski definition) is 2. The van der Waals surface area contributed by atoms with E-state index < -0.39 is 0 Å². The standard InChI is InChI=1S/C14H27N3O3/c1-3-20-14(19)5-4-7-16-13(18)10-17-8-6-12(9-17)11(2)15/h11-12H,3-10,15H2,1-2H3,(H,16,18). The molecular formula is C14H27N3O3. The van der Waals surface area contributed by atoms with E-state index in [0.29, 0.717) is 38.5 Å². The summed E-state index contributed by atoms with van der Waals surface area (Å²) in [6.45, 7) is 6.97. The summed E-state index contributed by atoms with van der Waals surface area (Å²) >= 11 is 0. The summed E-state index contributed by atoms with van der Waals surface area (Å²) in [4.78, 5) is 25.0. The van der Waals surface area contributed by atoms with Gasteiger partial charge in [0.05, 0.1) is 13.2 Å². The predicted octanol–water partition coefficient (Wildman–Crippen LogP) is 0.115. The van der Waals surface area contributed by atoms with Crippen LogP contribution in [0.5, 0.6) is 0 Å². The molecule has 1 saturated heterocycles. The number of ether oxygens (including phenoxy) is 1. The summed E-state index contributed by atoms with van der Waals surface area (Å²) in [5, 5.41) is 2.83. The van der Waals surface area contributed by atoms with Crippen molar-refractivity contribution in [3.8, 4) is 0 Å². The second-order valence-corrected chi connectivity index (χ2v) is 5.40. The third-order valence-electron chi connectivity index (χ3n) is 3.60. The van der Waals surface area contributed by atoms with Crippen LogP contribution in [0.2, 0.25) is 0 Å². The normalized spacial score (nSPS) is 20.6. The van der Waals surface area contributed by atoms with Crippen molar-refractivity contribution in [2.24, 2.45) is 11.7 Å². The Morgan fingerprint density at radius 3 is 2.85 bits per heavy atom. The van der Waals surface area contributed by atoms with Gasteiger partial charge < -0.3 is 15.8 Å². The molecule has 6 nitrogen and oxygen atoms in total. The third kappa shape index (κ3) is 6.34. The van der Waals surface area contributed by atoms with Crippen molar-refractivity contribution in [1.82, 2.24) is 10.2 Å². The van der Waals surface area contributed by atoms with Crippen LogP contribution in [0.15, 0.2) is 0 Å². The molecule has 0 bridgehead atoms. The van der Waals surface area contributed by atoms with E-state index in [1.165, 1.54) is 0 Å². The molecule has 1 aliphatic rings. The van der Waals surface area contributed by atoms with Crippen LogP contribution in [0.3, 0.4) is 0 Å². The summed E-state index contributed by atoms with van der Waals surface area (Å²) in [5.74, 6) is 0.298. The SMILES string of the molecule is CCOC(=O)CCCNC(=O)CN1CCC(C(C)N)C1. The van der Waals surface area contributed by atoms with Gasteiger partial charge in [0.2, 0.25) is 5.91 Å². The van der Waals surface area contributed by atoms with Crippen molar-refractivity contribution in [2.45, 2.75) is 39.2 Å². The third-order valence-corrected chi connectivity index (χ3v) is 3.60. The van der Waals surface area contributed by atoms with Gasteiger partial charge in [-0.15, -0.1) is 0 Å². The van der Waals surface area contributed by atoms with Crippen molar-refractivity contribution in [2.75, 3.05) is 32.8 Å². The maximum Gasteiger partial charge on any atom is 0.305 e. The number of amides is 1. The molecule has 6 heteroatoms. The fourth-order valence-electron chi connectivity index (χ4n) is 2.39. The first-order valence-electron chi connectivity index (χ1n) is 7.43. The lowest BCUT2D eigenvalue weighted by atomic mass is 10.0. The minimum absolute atomic E-state index is 0.0131. The molecular weight excluding hydrogens is 258 g/mol. The van der Waals surface area contributed by atoms with E-state index in [0.717, 1.165) is 19.5 Å². The average molecular weight is 285 g/mol. The van der Waals surface area contributed by atoms with Gasteiger partial charge in [-0.3, -0.25) is 14.5 Å². The van der Waals surface area contributed by atoms with Gasteiger partial charge in [0.15, 0.2) is 0 Å². The Morgan fingerprint density at radius 1 is 1.50 bits per heavy atom. The van der Waals surface area contributed by atoms with Gasteiger partial charge in [-0.2, -0.15) is 0 Å². The monoisotopic (exact) mass is 285 g/mol. The van der Waals surface area contributed by atoms with Crippen LogP contribution in [0.4, 0.5) is 0 Å². The van der Waals surface area contributed by atoms with E-state index >= 15 is 0 Å². The summed E-state index contributed by atoms with van der Waals surface area (Å²) in [5.41, 5.74) is 5.87. The Hall–Kier alpha value is -1.14. The zero-order valence-electron chi connectivity index (χ0n) is 12.6. The molecule has 0 radical (unpaired) electrons. The smallest absolute Gasteiger partial charge is 0.305 e. The number of nitrogens with one attached hydrogen (secondary N) is 1. The minimum Gasteiger partial charge on any atom is -0.466 e. The first-order chi connectivity index (χ1) is 9.52. The predicted molar refractivity (Wildman–Crippen MR) is 77.1 cm³/mol. The fourth-order valence-corrected chi connectivity index (χ4v) is 2.39. The highest BCUT2D eigenvalue weighted by atomic mass is 16.5. The van der Waals surface area contributed by atoms with Crippen molar-refractivity contribution < 1.29 is 14.3 Å². The van der Waals surface area contributed by atoms with E-state index in [1.807, 2.05) is 6.92 Å². The second-order valence-electron chi connectivity index (χ2n) is 5.40. The number of likely N-dealkylation sites (tertiary alicyclic amines) is 1. The zero-order valence-corrected chi connectivity index (χ0v) is 12.6. The van der Waals surface area contributed by atoms with Crippen LogP contribution in [-0.2, 0) is 14.3 Å². The molecule has 1 amide bonds. The molecule has 3 N–H and O–H groups in total. The number of esters is 1. The van der Waals surface area contributed by atoms with Gasteiger partial charge in [-0.1, -0.05) is 0 Å². The van der Waals surface area contributed by atoms with Crippen molar-refractivity contribution in [3.63, 3.8) is 0 Å². The molecule has 1 rings (SSSR count). The maximum atomic E-state index is 11.7. The van der Waals surface area contributed by atoms with Crippen molar-refractivity contribution in [1.29, 1.82) is 0 Å². The highest BCUT2D eigenvalue weighted by Gasteiger charge is 2.26. The maximum absolute atomic E-state index is 11.7. The number of hydrogen-bond acceptors (Lipinski definition) is 5. The summed E-state index contributed by atoms with van der Waals surface area (Å²) in [7, 11) is 0. The summed E-state index contributed by atoms with van der Waals surface area (Å²) in [6, 6.07) is 0.188. The molecule has 0 aliphatic carbocycles. The zero-order chi connectivity index (χ0) is 15.0. The van der Waals surface area contributed by atoms with Crippen LogP contribution >= 0.6 is 0 Å². The average Bonchev–Trinajstić information content (AvgIpc) is 2.83. The van der Waals surface area contributed by atoms with Gasteiger partial charge in [0.1, 0.15) is 0 Å². The largest absolute Gasteiger partial charge is 0.466 e. The van der Waals surface area contributed by atoms with E-state index in [-0.39, 0.29) is 17.9 Å². The number of carbonyl (C=O) groups is 2. The first-order valence-corrected chi connectivity index (χ1v) is 7.43. The Labute approximate surface area is 121 Å². The minimum atomic E-state index is -0.207. The van der Waals surface area contributed by atoms with Gasteiger partial charge in [-0.05, 0) is 39.2 Å². The quantitative estimate of drug-likeness (QED) is 0.488. The molecule has 0 aromatic rings. The molecule has 2 unspecified atom stereocenters. The Balaban J connectivity index is 2.08. The molecule has 1 aliphatic heterocycles. The highest BCUT2D eigenvalue weighted by molar-refractivity contribution is 5.78. The second kappa shape index (κ2) is 8.92. The number of nitrogens with two attached hydrogens (primary N) is 1. The number of rotatable bonds is 8. The lowest BCUT2D eigenvalue weighted by Crippen LogP contribution is -2.37. The Morgan fingerprint density at radius 2 is 2.25 bits per heavy atom. The van der Waals surface area contributed by atoms with E-state index in [9.17, 15) is 9.59 Å². The van der Waals surface area contributed by atoms with E-state index in [1.54, 1.807) is 6.92 Å². The van der Waals surface area contributed by atoms with Gasteiger partial charge >= 0.3 is 5.97 Å². The van der Waals surface area contributed by atoms with E-state index in [2.05, 4.69) is 10.2 Å². The van der Waals surface area contributed by atoms with Crippen LogP contribution in [0.25, 0.3) is 0 Å². The molecule has 2 atom stereocenters. The molecule has 1 heterocycles. The Kier molecular flexibility index (Phi) is 7.54. The molecule has 0 spiro atoms. The van der Waals surface area contributed by atoms with Crippen LogP contribution in [-0.4, -0.2) is 55.6 Å². The van der Waals surface area contributed by atoms with Crippen LogP contribution < -0.4 is 11.1 Å². The Bertz CT molecular complexity index is 321. The first kappa shape index (κ1) is 16.9. The highest BCUT2D eigenvalue weighted by Crippen LogP contribution is 2.17. The van der Waals surface area contributed by atoms with Crippen LogP contribution in [0.1, 0.15) is 33.1 Å². The van der Waals surface area contributed by atoms with Gasteiger partial charge in [-0.25, -0.2) is 0 Å². The van der Waals surface area contributed by atoms with Crippen molar-refractivity contribution >= 4 is 11.9 Å². The summed E-state index contributed by atoms with van der Waals surface area (Å²) < 4.78 is 4.82. The van der Waals surface area contributed by atoms with E-state index in [4.69, 9.17) is 10.5 Å². The lowest BCUT2D eigenvalue weighted by molar-refractivity contribution is -0.143. The fraction of sp³-hybridized carbons (Fsp3) is 0.857. The molecule has 0 aromatic heterocycles. The molecule has 20 heavy (non-hydrogen) atoms.